The second-order valence-corrected chi connectivity index (χ2v) is 11.5. The molecule has 170 valence electrons. The predicted molar refractivity (Wildman–Crippen MR) is 125 cm³/mol. The minimum atomic E-state index is -0.497. The molecule has 0 amide bonds. The monoisotopic (exact) mass is 453 g/mol. The van der Waals surface area contributed by atoms with Gasteiger partial charge in [0, 0.05) is 12.1 Å². The van der Waals surface area contributed by atoms with Crippen LogP contribution in [-0.2, 0) is 6.42 Å². The van der Waals surface area contributed by atoms with Crippen LogP contribution in [0.2, 0.25) is 5.15 Å². The first-order valence-corrected chi connectivity index (χ1v) is 12.1. The number of hydrogen-bond donors (Lipinski definition) is 0. The summed E-state index contributed by atoms with van der Waals surface area (Å²) in [6.45, 7) is 9.72. The number of hydrogen-bond acceptors (Lipinski definition) is 4. The van der Waals surface area contributed by atoms with Crippen molar-refractivity contribution >= 4 is 17.6 Å². The highest BCUT2D eigenvalue weighted by atomic mass is 35.5. The van der Waals surface area contributed by atoms with Gasteiger partial charge in [-0.3, -0.25) is 0 Å². The van der Waals surface area contributed by atoms with Gasteiger partial charge in [-0.1, -0.05) is 38.8 Å². The minimum absolute atomic E-state index is 0.146. The summed E-state index contributed by atoms with van der Waals surface area (Å²) in [5.41, 5.74) is 1.87. The Kier molecular flexibility index (Phi) is 5.09. The number of pyridine rings is 1. The summed E-state index contributed by atoms with van der Waals surface area (Å²) in [4.78, 5) is 16.6. The van der Waals surface area contributed by atoms with E-state index in [2.05, 4.69) is 32.7 Å². The van der Waals surface area contributed by atoms with Crippen molar-refractivity contribution in [3.8, 4) is 11.5 Å². The van der Waals surface area contributed by atoms with Gasteiger partial charge in [-0.15, -0.1) is 0 Å². The molecular weight excluding hydrogens is 422 g/mol. The Bertz CT molecular complexity index is 1070. The van der Waals surface area contributed by atoms with Crippen LogP contribution in [0, 0.1) is 22.7 Å². The zero-order chi connectivity index (χ0) is 22.7. The lowest BCUT2D eigenvalue weighted by Crippen LogP contribution is -2.61. The van der Waals surface area contributed by atoms with Crippen LogP contribution in [0.25, 0.3) is 0 Å². The third-order valence-corrected chi connectivity index (χ3v) is 9.03. The van der Waals surface area contributed by atoms with E-state index in [-0.39, 0.29) is 21.7 Å². The van der Waals surface area contributed by atoms with Gasteiger partial charge in [0.05, 0.1) is 5.56 Å². The summed E-state index contributed by atoms with van der Waals surface area (Å²) in [7, 11) is 0. The van der Waals surface area contributed by atoms with E-state index in [9.17, 15) is 4.79 Å². The Balaban J connectivity index is 1.44. The van der Waals surface area contributed by atoms with Crippen molar-refractivity contribution in [2.75, 3.05) is 0 Å². The van der Waals surface area contributed by atoms with Crippen LogP contribution in [0.15, 0.2) is 36.5 Å². The molecule has 32 heavy (non-hydrogen) atoms. The quantitative estimate of drug-likeness (QED) is 0.282. The summed E-state index contributed by atoms with van der Waals surface area (Å²) >= 11 is 6.06. The molecule has 1 aliphatic heterocycles. The van der Waals surface area contributed by atoms with Crippen molar-refractivity contribution in [2.45, 2.75) is 71.8 Å². The van der Waals surface area contributed by atoms with Crippen molar-refractivity contribution in [3.05, 3.63) is 52.8 Å². The summed E-state index contributed by atoms with van der Waals surface area (Å²) in [5, 5.41) is 0.149. The molecule has 0 saturated heterocycles. The number of halogens is 1. The average molecular weight is 454 g/mol. The van der Waals surface area contributed by atoms with Crippen LogP contribution in [0.1, 0.15) is 75.7 Å². The van der Waals surface area contributed by atoms with Crippen molar-refractivity contribution in [2.24, 2.45) is 22.7 Å². The van der Waals surface area contributed by atoms with Crippen LogP contribution in [0.4, 0.5) is 0 Å². The topological polar surface area (TPSA) is 48.4 Å². The number of rotatable bonds is 2. The van der Waals surface area contributed by atoms with E-state index in [1.54, 1.807) is 18.3 Å². The standard InChI is InChI=1S/C27H32ClNO3/c1-25(2)11-6-12-26(3)21(25)10-13-27(4)22(26)16-17-15-18(8-9-20(17)32-27)31-24(30)19-7-5-14-29-23(19)28/h5,7-9,14-15,21-22H,6,10-13,16H2,1-4H3/t21-,22+,26-,27+/m0/s1. The molecule has 0 bridgehead atoms. The number of esters is 1. The molecule has 4 atom stereocenters. The van der Waals surface area contributed by atoms with E-state index in [1.807, 2.05) is 18.2 Å². The molecule has 0 radical (unpaired) electrons. The Labute approximate surface area is 195 Å². The number of carbonyl (C=O) groups is 1. The van der Waals surface area contributed by atoms with Gasteiger partial charge in [-0.25, -0.2) is 9.78 Å². The molecule has 2 aliphatic carbocycles. The molecule has 5 rings (SSSR count). The smallest absolute Gasteiger partial charge is 0.346 e. The van der Waals surface area contributed by atoms with Crippen LogP contribution >= 0.6 is 11.6 Å². The predicted octanol–water partition coefficient (Wildman–Crippen LogP) is 6.89. The van der Waals surface area contributed by atoms with Crippen molar-refractivity contribution in [1.82, 2.24) is 4.98 Å². The van der Waals surface area contributed by atoms with E-state index in [0.29, 0.717) is 23.0 Å². The van der Waals surface area contributed by atoms with Gasteiger partial charge in [0.2, 0.25) is 0 Å². The zero-order valence-electron chi connectivity index (χ0n) is 19.4. The molecule has 3 aliphatic rings. The lowest BCUT2D eigenvalue weighted by atomic mass is 9.44. The molecule has 5 heteroatoms. The fourth-order valence-electron chi connectivity index (χ4n) is 7.23. The zero-order valence-corrected chi connectivity index (χ0v) is 20.2. The lowest BCUT2D eigenvalue weighted by molar-refractivity contribution is -0.162. The second kappa shape index (κ2) is 7.48. The molecular formula is C27H32ClNO3. The van der Waals surface area contributed by atoms with Gasteiger partial charge in [-0.05, 0) is 91.7 Å². The Hall–Kier alpha value is -2.07. The molecule has 2 fully saturated rings. The van der Waals surface area contributed by atoms with Crippen molar-refractivity contribution in [3.63, 3.8) is 0 Å². The summed E-state index contributed by atoms with van der Waals surface area (Å²) in [6, 6.07) is 9.03. The lowest BCUT2D eigenvalue weighted by Gasteiger charge is -2.63. The van der Waals surface area contributed by atoms with Gasteiger partial charge < -0.3 is 9.47 Å². The molecule has 0 unspecified atom stereocenters. The van der Waals surface area contributed by atoms with E-state index in [4.69, 9.17) is 21.1 Å². The van der Waals surface area contributed by atoms with E-state index in [0.717, 1.165) is 24.2 Å². The van der Waals surface area contributed by atoms with Crippen LogP contribution in [0.5, 0.6) is 11.5 Å². The highest BCUT2D eigenvalue weighted by molar-refractivity contribution is 6.32. The first-order valence-electron chi connectivity index (χ1n) is 11.8. The molecule has 2 saturated carbocycles. The molecule has 1 aromatic carbocycles. The Morgan fingerprint density at radius 1 is 1.12 bits per heavy atom. The van der Waals surface area contributed by atoms with Crippen molar-refractivity contribution in [1.29, 1.82) is 0 Å². The van der Waals surface area contributed by atoms with Crippen LogP contribution in [0.3, 0.4) is 0 Å². The SMILES string of the molecule is CC1(C)CCC[C@]2(C)[C@H]3Cc4cc(OC(=O)c5cccnc5Cl)ccc4O[C@]3(C)CC[C@@H]12. The maximum atomic E-state index is 12.6. The summed E-state index contributed by atoms with van der Waals surface area (Å²) < 4.78 is 12.4. The third-order valence-electron chi connectivity index (χ3n) is 8.73. The minimum Gasteiger partial charge on any atom is -0.487 e. The summed E-state index contributed by atoms with van der Waals surface area (Å²) in [5.74, 6) is 2.09. The van der Waals surface area contributed by atoms with Gasteiger partial charge in [0.1, 0.15) is 22.3 Å². The Morgan fingerprint density at radius 2 is 1.94 bits per heavy atom. The third kappa shape index (κ3) is 3.42. The maximum absolute atomic E-state index is 12.6. The highest BCUT2D eigenvalue weighted by Gasteiger charge is 2.60. The number of nitrogens with zero attached hydrogens (tertiary/aromatic N) is 1. The fraction of sp³-hybridized carbons (Fsp3) is 0.556. The van der Waals surface area contributed by atoms with Gasteiger partial charge in [0.15, 0.2) is 0 Å². The van der Waals surface area contributed by atoms with E-state index < -0.39 is 5.97 Å². The highest BCUT2D eigenvalue weighted by Crippen LogP contribution is 2.64. The molecule has 0 spiro atoms. The van der Waals surface area contributed by atoms with Gasteiger partial charge >= 0.3 is 5.97 Å². The number of benzene rings is 1. The van der Waals surface area contributed by atoms with Crippen LogP contribution < -0.4 is 9.47 Å². The molecule has 0 N–H and O–H groups in total. The van der Waals surface area contributed by atoms with E-state index in [1.165, 1.54) is 25.7 Å². The van der Waals surface area contributed by atoms with E-state index >= 15 is 0 Å². The molecule has 2 aromatic rings. The maximum Gasteiger partial charge on any atom is 0.346 e. The number of fused-ring (bicyclic) bond motifs is 4. The van der Waals surface area contributed by atoms with Crippen LogP contribution in [-0.4, -0.2) is 16.6 Å². The number of aromatic nitrogens is 1. The van der Waals surface area contributed by atoms with Gasteiger partial charge in [-0.2, -0.15) is 0 Å². The largest absolute Gasteiger partial charge is 0.487 e. The Morgan fingerprint density at radius 3 is 2.72 bits per heavy atom. The first-order chi connectivity index (χ1) is 15.1. The molecule has 2 heterocycles. The molecule has 1 aromatic heterocycles. The normalized spacial score (nSPS) is 32.7. The number of carbonyl (C=O) groups excluding carboxylic acids is 1. The number of ether oxygens (including phenoxy) is 2. The summed E-state index contributed by atoms with van der Waals surface area (Å²) in [6.07, 6.45) is 8.68. The second-order valence-electron chi connectivity index (χ2n) is 11.1. The first kappa shape index (κ1) is 21.8. The molecule has 4 nitrogen and oxygen atoms in total. The van der Waals surface area contributed by atoms with Gasteiger partial charge in [0.25, 0.3) is 0 Å². The van der Waals surface area contributed by atoms with Crippen molar-refractivity contribution < 1.29 is 14.3 Å². The fourth-order valence-corrected chi connectivity index (χ4v) is 7.42. The average Bonchev–Trinajstić information content (AvgIpc) is 2.72.